The molecule has 112 valence electrons. The van der Waals surface area contributed by atoms with E-state index in [0.717, 1.165) is 22.9 Å². The van der Waals surface area contributed by atoms with Gasteiger partial charge in [0.05, 0.1) is 12.4 Å². The zero-order chi connectivity index (χ0) is 15.0. The summed E-state index contributed by atoms with van der Waals surface area (Å²) in [5.41, 5.74) is 2.10. The number of imidazole rings is 1. The molecule has 3 aromatic heterocycles. The standard InChI is InChI=1S/C12H17BrN6OSi/c1-21(2,3)5-4-20-8-18-11-12(16-17-18)19-9(13)6-14-10(19)7-15-11/h6-7H,4-5,8H2,1-3H3. The number of fused-ring (bicyclic) bond motifs is 3. The highest BCUT2D eigenvalue weighted by molar-refractivity contribution is 9.10. The van der Waals surface area contributed by atoms with Gasteiger partial charge in [-0.1, -0.05) is 24.9 Å². The van der Waals surface area contributed by atoms with Gasteiger partial charge in [0, 0.05) is 14.7 Å². The van der Waals surface area contributed by atoms with Crippen LogP contribution in [-0.2, 0) is 11.5 Å². The van der Waals surface area contributed by atoms with E-state index in [1.54, 1.807) is 17.1 Å². The fraction of sp³-hybridized carbons (Fsp3) is 0.500. The molecule has 3 rings (SSSR count). The Morgan fingerprint density at radius 1 is 1.19 bits per heavy atom. The van der Waals surface area contributed by atoms with Crippen LogP contribution in [0.5, 0.6) is 0 Å². The number of halogens is 1. The molecule has 0 aliphatic rings. The summed E-state index contributed by atoms with van der Waals surface area (Å²) in [7, 11) is -1.07. The van der Waals surface area contributed by atoms with Crippen molar-refractivity contribution in [2.24, 2.45) is 0 Å². The van der Waals surface area contributed by atoms with Gasteiger partial charge in [-0.3, -0.25) is 4.40 Å². The van der Waals surface area contributed by atoms with Gasteiger partial charge < -0.3 is 4.74 Å². The van der Waals surface area contributed by atoms with E-state index in [4.69, 9.17) is 4.74 Å². The van der Waals surface area contributed by atoms with Crippen molar-refractivity contribution in [1.29, 1.82) is 0 Å². The summed E-state index contributed by atoms with van der Waals surface area (Å²) in [6, 6.07) is 1.13. The van der Waals surface area contributed by atoms with Gasteiger partial charge in [-0.05, 0) is 22.0 Å². The predicted molar refractivity (Wildman–Crippen MR) is 85.9 cm³/mol. The van der Waals surface area contributed by atoms with Crippen molar-refractivity contribution in [2.75, 3.05) is 6.61 Å². The van der Waals surface area contributed by atoms with Crippen LogP contribution in [0.25, 0.3) is 16.9 Å². The number of hydrogen-bond donors (Lipinski definition) is 0. The minimum absolute atomic E-state index is 0.367. The Kier molecular flexibility index (Phi) is 3.80. The van der Waals surface area contributed by atoms with Crippen LogP contribution in [0.2, 0.25) is 25.7 Å². The molecule has 21 heavy (non-hydrogen) atoms. The maximum Gasteiger partial charge on any atom is 0.208 e. The van der Waals surface area contributed by atoms with E-state index >= 15 is 0 Å². The number of rotatable bonds is 5. The Morgan fingerprint density at radius 3 is 2.76 bits per heavy atom. The Labute approximate surface area is 131 Å². The fourth-order valence-corrected chi connectivity index (χ4v) is 3.16. The first-order valence-electron chi connectivity index (χ1n) is 6.75. The molecule has 3 heterocycles. The normalized spacial score (nSPS) is 12.6. The van der Waals surface area contributed by atoms with Gasteiger partial charge in [-0.25, -0.2) is 9.97 Å². The molecule has 0 atom stereocenters. The van der Waals surface area contributed by atoms with Crippen LogP contribution in [0, 0.1) is 0 Å². The van der Waals surface area contributed by atoms with Crippen LogP contribution in [0.1, 0.15) is 0 Å². The summed E-state index contributed by atoms with van der Waals surface area (Å²) in [6.45, 7) is 8.10. The van der Waals surface area contributed by atoms with Gasteiger partial charge in [-0.15, -0.1) is 5.10 Å². The molecular weight excluding hydrogens is 352 g/mol. The van der Waals surface area contributed by atoms with Crippen molar-refractivity contribution in [3.63, 3.8) is 0 Å². The van der Waals surface area contributed by atoms with Gasteiger partial charge in [-0.2, -0.15) is 4.68 Å². The molecule has 0 fully saturated rings. The van der Waals surface area contributed by atoms with E-state index in [0.29, 0.717) is 18.0 Å². The molecule has 0 bridgehead atoms. The second-order valence-corrected chi connectivity index (χ2v) is 12.6. The zero-order valence-electron chi connectivity index (χ0n) is 12.2. The summed E-state index contributed by atoms with van der Waals surface area (Å²) in [6.07, 6.45) is 3.43. The molecule has 0 aliphatic heterocycles. The van der Waals surface area contributed by atoms with E-state index in [1.165, 1.54) is 0 Å². The molecule has 0 N–H and O–H groups in total. The summed E-state index contributed by atoms with van der Waals surface area (Å²) in [4.78, 5) is 8.60. The lowest BCUT2D eigenvalue weighted by Gasteiger charge is -2.15. The predicted octanol–water partition coefficient (Wildman–Crippen LogP) is 2.55. The Morgan fingerprint density at radius 2 is 2.00 bits per heavy atom. The average molecular weight is 369 g/mol. The summed E-state index contributed by atoms with van der Waals surface area (Å²) < 4.78 is 10.1. The van der Waals surface area contributed by atoms with Crippen LogP contribution in [0.4, 0.5) is 0 Å². The first-order valence-corrected chi connectivity index (χ1v) is 11.2. The topological polar surface area (TPSA) is 70.1 Å². The fourth-order valence-electron chi connectivity index (χ4n) is 1.95. The summed E-state index contributed by atoms with van der Waals surface area (Å²) in [5.74, 6) is 0. The lowest BCUT2D eigenvalue weighted by molar-refractivity contribution is 0.0799. The van der Waals surface area contributed by atoms with Crippen molar-refractivity contribution in [1.82, 2.24) is 29.4 Å². The SMILES string of the molecule is C[Si](C)(C)CCOCn1nnc2c1ncc1ncc(Br)n12. The lowest BCUT2D eigenvalue weighted by atomic mass is 10.6. The number of aromatic nitrogens is 6. The smallest absolute Gasteiger partial charge is 0.208 e. The van der Waals surface area contributed by atoms with Crippen LogP contribution in [0.15, 0.2) is 17.0 Å². The largest absolute Gasteiger partial charge is 0.359 e. The molecule has 0 saturated carbocycles. The quantitative estimate of drug-likeness (QED) is 0.511. The van der Waals surface area contributed by atoms with Gasteiger partial charge in [0.2, 0.25) is 5.65 Å². The number of ether oxygens (including phenoxy) is 1. The third-order valence-corrected chi connectivity index (χ3v) is 5.43. The Bertz CT molecular complexity index is 777. The van der Waals surface area contributed by atoms with E-state index in [9.17, 15) is 0 Å². The van der Waals surface area contributed by atoms with E-state index in [2.05, 4.69) is 55.9 Å². The van der Waals surface area contributed by atoms with Gasteiger partial charge >= 0.3 is 0 Å². The van der Waals surface area contributed by atoms with Crippen LogP contribution in [-0.4, -0.2) is 44.0 Å². The first-order chi connectivity index (χ1) is 9.96. The van der Waals surface area contributed by atoms with Crippen molar-refractivity contribution in [3.8, 4) is 0 Å². The first kappa shape index (κ1) is 14.6. The summed E-state index contributed by atoms with van der Waals surface area (Å²) in [5, 5.41) is 8.30. The molecule has 0 aromatic carbocycles. The number of nitrogens with zero attached hydrogens (tertiary/aromatic N) is 6. The van der Waals surface area contributed by atoms with Crippen molar-refractivity contribution in [3.05, 3.63) is 17.0 Å². The van der Waals surface area contributed by atoms with Gasteiger partial charge in [0.25, 0.3) is 0 Å². The van der Waals surface area contributed by atoms with E-state index in [-0.39, 0.29) is 0 Å². The third-order valence-electron chi connectivity index (χ3n) is 3.16. The highest BCUT2D eigenvalue weighted by Gasteiger charge is 2.14. The molecule has 0 spiro atoms. The van der Waals surface area contributed by atoms with Crippen molar-refractivity contribution < 1.29 is 4.74 Å². The molecule has 0 aliphatic carbocycles. The Hall–Kier alpha value is -1.32. The molecule has 0 saturated heterocycles. The van der Waals surface area contributed by atoms with E-state index in [1.807, 2.05) is 4.40 Å². The van der Waals surface area contributed by atoms with Crippen LogP contribution in [0.3, 0.4) is 0 Å². The van der Waals surface area contributed by atoms with Crippen molar-refractivity contribution >= 4 is 40.9 Å². The lowest BCUT2D eigenvalue weighted by Crippen LogP contribution is -2.22. The molecular formula is C12H17BrN6OSi. The molecule has 0 amide bonds. The zero-order valence-corrected chi connectivity index (χ0v) is 14.8. The molecule has 0 unspecified atom stereocenters. The summed E-state index contributed by atoms with van der Waals surface area (Å²) >= 11 is 3.45. The molecule has 7 nitrogen and oxygen atoms in total. The van der Waals surface area contributed by atoms with Crippen LogP contribution < -0.4 is 0 Å². The minimum Gasteiger partial charge on any atom is -0.359 e. The Balaban J connectivity index is 1.81. The monoisotopic (exact) mass is 368 g/mol. The molecule has 3 aromatic rings. The number of hydrogen-bond acceptors (Lipinski definition) is 5. The van der Waals surface area contributed by atoms with Crippen LogP contribution >= 0.6 is 15.9 Å². The average Bonchev–Trinajstić information content (AvgIpc) is 2.98. The minimum atomic E-state index is -1.07. The van der Waals surface area contributed by atoms with Gasteiger partial charge in [0.1, 0.15) is 11.3 Å². The highest BCUT2D eigenvalue weighted by atomic mass is 79.9. The van der Waals surface area contributed by atoms with Crippen molar-refractivity contribution in [2.45, 2.75) is 32.4 Å². The maximum atomic E-state index is 5.70. The second kappa shape index (κ2) is 5.47. The third kappa shape index (κ3) is 2.99. The maximum absolute atomic E-state index is 5.70. The van der Waals surface area contributed by atoms with E-state index < -0.39 is 8.07 Å². The van der Waals surface area contributed by atoms with Gasteiger partial charge in [0.15, 0.2) is 11.3 Å². The highest BCUT2D eigenvalue weighted by Crippen LogP contribution is 2.18. The second-order valence-electron chi connectivity index (χ2n) is 6.12. The molecule has 9 heteroatoms. The molecule has 0 radical (unpaired) electrons.